The van der Waals surface area contributed by atoms with Gasteiger partial charge < -0.3 is 5.32 Å². The Labute approximate surface area is 188 Å². The summed E-state index contributed by atoms with van der Waals surface area (Å²) in [5.41, 5.74) is 5.07. The van der Waals surface area contributed by atoms with Crippen LogP contribution < -0.4 is 10.9 Å². The predicted molar refractivity (Wildman–Crippen MR) is 126 cm³/mol. The molecule has 2 heterocycles. The summed E-state index contributed by atoms with van der Waals surface area (Å²) >= 11 is 7.42. The highest BCUT2D eigenvalue weighted by atomic mass is 35.5. The van der Waals surface area contributed by atoms with Crippen LogP contribution in [-0.2, 0) is 24.2 Å². The molecule has 0 aliphatic heterocycles. The van der Waals surface area contributed by atoms with Crippen molar-refractivity contribution < 1.29 is 4.79 Å². The molecule has 0 saturated carbocycles. The third-order valence-corrected chi connectivity index (χ3v) is 6.76. The van der Waals surface area contributed by atoms with Crippen LogP contribution in [0.4, 0.5) is 5.69 Å². The van der Waals surface area contributed by atoms with Crippen LogP contribution in [0.15, 0.2) is 59.0 Å². The number of benzene rings is 2. The van der Waals surface area contributed by atoms with E-state index in [1.54, 1.807) is 24.3 Å². The summed E-state index contributed by atoms with van der Waals surface area (Å²) in [4.78, 5) is 30.9. The van der Waals surface area contributed by atoms with Crippen LogP contribution in [0, 0.1) is 0 Å². The molecule has 156 valence electrons. The van der Waals surface area contributed by atoms with Crippen molar-refractivity contribution in [3.8, 4) is 11.1 Å². The van der Waals surface area contributed by atoms with Gasteiger partial charge >= 0.3 is 0 Å². The van der Waals surface area contributed by atoms with Crippen LogP contribution in [-0.4, -0.2) is 15.5 Å². The highest BCUT2D eigenvalue weighted by Gasteiger charge is 2.17. The van der Waals surface area contributed by atoms with Gasteiger partial charge in [0.05, 0.1) is 11.7 Å². The number of aryl methyl sites for hydroxylation is 2. The number of halogens is 1. The maximum Gasteiger partial charge on any atom is 0.263 e. The summed E-state index contributed by atoms with van der Waals surface area (Å²) in [6, 6.07) is 13.4. The molecule has 7 heteroatoms. The van der Waals surface area contributed by atoms with E-state index in [2.05, 4.69) is 28.5 Å². The maximum atomic E-state index is 13.2. The van der Waals surface area contributed by atoms with Crippen LogP contribution in [0.25, 0.3) is 21.3 Å². The number of anilines is 1. The molecule has 5 nitrogen and oxygen atoms in total. The minimum atomic E-state index is -0.309. The van der Waals surface area contributed by atoms with Gasteiger partial charge in [-0.05, 0) is 60.6 Å². The second kappa shape index (κ2) is 8.29. The first kappa shape index (κ1) is 20.0. The number of amides is 1. The van der Waals surface area contributed by atoms with E-state index in [0.29, 0.717) is 20.9 Å². The lowest BCUT2D eigenvalue weighted by molar-refractivity contribution is -0.116. The minimum Gasteiger partial charge on any atom is -0.324 e. The molecule has 0 radical (unpaired) electrons. The highest BCUT2D eigenvalue weighted by Crippen LogP contribution is 2.33. The third kappa shape index (κ3) is 4.01. The summed E-state index contributed by atoms with van der Waals surface area (Å²) in [7, 11) is 0. The van der Waals surface area contributed by atoms with E-state index in [-0.39, 0.29) is 18.0 Å². The zero-order valence-corrected chi connectivity index (χ0v) is 18.3. The molecule has 1 N–H and O–H groups in total. The number of hydrogen-bond donors (Lipinski definition) is 1. The fraction of sp³-hybridized carbons (Fsp3) is 0.208. The Bertz CT molecular complexity index is 1360. The van der Waals surface area contributed by atoms with E-state index in [1.165, 1.54) is 46.2 Å². The Morgan fingerprint density at radius 2 is 1.97 bits per heavy atom. The molecule has 4 aromatic rings. The largest absolute Gasteiger partial charge is 0.324 e. The average molecular weight is 450 g/mol. The van der Waals surface area contributed by atoms with Crippen molar-refractivity contribution >= 4 is 44.7 Å². The van der Waals surface area contributed by atoms with Gasteiger partial charge in [0.2, 0.25) is 5.91 Å². The summed E-state index contributed by atoms with van der Waals surface area (Å²) < 4.78 is 1.36. The predicted octanol–water partition coefficient (Wildman–Crippen LogP) is 5.30. The summed E-state index contributed by atoms with van der Waals surface area (Å²) in [6.45, 7) is -0.117. The molecule has 1 amide bonds. The SMILES string of the molecule is O=C(Cn1cnc2scc(-c3ccc4c(c3)CCCC4)c2c1=O)Nc1cccc(Cl)c1. The van der Waals surface area contributed by atoms with Crippen molar-refractivity contribution in [2.24, 2.45) is 0 Å². The van der Waals surface area contributed by atoms with Gasteiger partial charge in [0.25, 0.3) is 5.56 Å². The highest BCUT2D eigenvalue weighted by molar-refractivity contribution is 7.17. The van der Waals surface area contributed by atoms with Crippen molar-refractivity contribution in [3.05, 3.63) is 80.7 Å². The van der Waals surface area contributed by atoms with Crippen molar-refractivity contribution in [1.29, 1.82) is 0 Å². The molecule has 0 fully saturated rings. The van der Waals surface area contributed by atoms with E-state index in [9.17, 15) is 9.59 Å². The number of carbonyl (C=O) groups is 1. The molecule has 1 aliphatic rings. The van der Waals surface area contributed by atoms with Crippen LogP contribution >= 0.6 is 22.9 Å². The van der Waals surface area contributed by atoms with E-state index >= 15 is 0 Å². The number of rotatable bonds is 4. The first-order valence-electron chi connectivity index (χ1n) is 10.2. The van der Waals surface area contributed by atoms with Crippen molar-refractivity contribution in [1.82, 2.24) is 9.55 Å². The van der Waals surface area contributed by atoms with Crippen LogP contribution in [0.1, 0.15) is 24.0 Å². The first-order chi connectivity index (χ1) is 15.1. The number of thiophene rings is 1. The lowest BCUT2D eigenvalue weighted by Gasteiger charge is -2.16. The monoisotopic (exact) mass is 449 g/mol. The third-order valence-electron chi connectivity index (χ3n) is 5.64. The molecule has 2 aromatic carbocycles. The number of hydrogen-bond acceptors (Lipinski definition) is 4. The molecule has 1 aliphatic carbocycles. The molecule has 0 bridgehead atoms. The van der Waals surface area contributed by atoms with E-state index in [4.69, 9.17) is 11.6 Å². The lowest BCUT2D eigenvalue weighted by atomic mass is 9.89. The average Bonchev–Trinajstić information content (AvgIpc) is 3.20. The van der Waals surface area contributed by atoms with Crippen molar-refractivity contribution in [2.45, 2.75) is 32.2 Å². The van der Waals surface area contributed by atoms with Gasteiger partial charge in [-0.1, -0.05) is 35.9 Å². The Balaban J connectivity index is 1.47. The zero-order valence-electron chi connectivity index (χ0n) is 16.7. The zero-order chi connectivity index (χ0) is 21.4. The number of nitrogens with one attached hydrogen (secondary N) is 1. The second-order valence-corrected chi connectivity index (χ2v) is 9.05. The standard InChI is InChI=1S/C24H20ClN3O2S/c25-18-6-3-7-19(11-18)27-21(29)12-28-14-26-23-22(24(28)30)20(13-31-23)17-9-8-15-4-1-2-5-16(15)10-17/h3,6-11,13-14H,1-2,4-5,12H2,(H,27,29). The van der Waals surface area contributed by atoms with Gasteiger partial charge in [-0.25, -0.2) is 4.98 Å². The van der Waals surface area contributed by atoms with Crippen LogP contribution in [0.3, 0.4) is 0 Å². The van der Waals surface area contributed by atoms with Gasteiger partial charge in [-0.2, -0.15) is 0 Å². The molecule has 0 spiro atoms. The topological polar surface area (TPSA) is 64.0 Å². The van der Waals surface area contributed by atoms with Crippen LogP contribution in [0.2, 0.25) is 5.02 Å². The first-order valence-corrected chi connectivity index (χ1v) is 11.5. The Morgan fingerprint density at radius 1 is 1.13 bits per heavy atom. The molecule has 5 rings (SSSR count). The summed E-state index contributed by atoms with van der Waals surface area (Å²) in [5, 5.41) is 5.86. The molecular weight excluding hydrogens is 430 g/mol. The van der Waals surface area contributed by atoms with E-state index in [1.807, 2.05) is 5.38 Å². The summed E-state index contributed by atoms with van der Waals surface area (Å²) in [6.07, 6.45) is 6.08. The van der Waals surface area contributed by atoms with E-state index < -0.39 is 0 Å². The van der Waals surface area contributed by atoms with Gasteiger partial charge in [-0.15, -0.1) is 11.3 Å². The molecule has 0 atom stereocenters. The van der Waals surface area contributed by atoms with Crippen molar-refractivity contribution in [2.75, 3.05) is 5.32 Å². The van der Waals surface area contributed by atoms with Gasteiger partial charge in [-0.3, -0.25) is 14.2 Å². The molecule has 0 unspecified atom stereocenters. The fourth-order valence-electron chi connectivity index (χ4n) is 4.12. The number of carbonyl (C=O) groups excluding carboxylic acids is 1. The van der Waals surface area contributed by atoms with Crippen LogP contribution in [0.5, 0.6) is 0 Å². The Morgan fingerprint density at radius 3 is 2.81 bits per heavy atom. The molecule has 0 saturated heterocycles. The Hall–Kier alpha value is -2.96. The second-order valence-electron chi connectivity index (χ2n) is 7.76. The normalized spacial score (nSPS) is 13.2. The van der Waals surface area contributed by atoms with Gasteiger partial charge in [0.1, 0.15) is 11.4 Å². The van der Waals surface area contributed by atoms with Crippen molar-refractivity contribution in [3.63, 3.8) is 0 Å². The molecular formula is C24H20ClN3O2S. The fourth-order valence-corrected chi connectivity index (χ4v) is 5.21. The lowest BCUT2D eigenvalue weighted by Crippen LogP contribution is -2.27. The summed E-state index contributed by atoms with van der Waals surface area (Å²) in [5.74, 6) is -0.309. The van der Waals surface area contributed by atoms with E-state index in [0.717, 1.165) is 24.0 Å². The van der Waals surface area contributed by atoms with Gasteiger partial charge in [0.15, 0.2) is 0 Å². The maximum absolute atomic E-state index is 13.2. The van der Waals surface area contributed by atoms with Gasteiger partial charge in [0, 0.05) is 21.7 Å². The number of nitrogens with zero attached hydrogens (tertiary/aromatic N) is 2. The number of aromatic nitrogens is 2. The smallest absolute Gasteiger partial charge is 0.263 e. The quantitative estimate of drug-likeness (QED) is 0.460. The minimum absolute atomic E-state index is 0.117. The molecule has 2 aromatic heterocycles. The molecule has 31 heavy (non-hydrogen) atoms. The number of fused-ring (bicyclic) bond motifs is 2. The Kier molecular flexibility index (Phi) is 5.34.